The second kappa shape index (κ2) is 6.33. The van der Waals surface area contributed by atoms with Gasteiger partial charge in [-0.3, -0.25) is 4.72 Å². The summed E-state index contributed by atoms with van der Waals surface area (Å²) in [5.41, 5.74) is 0.373. The van der Waals surface area contributed by atoms with Crippen LogP contribution in [0.3, 0.4) is 0 Å². The first-order valence-electron chi connectivity index (χ1n) is 5.91. The molecule has 0 bridgehead atoms. The van der Waals surface area contributed by atoms with Crippen LogP contribution in [0.1, 0.15) is 28.8 Å². The third-order valence-corrected chi connectivity index (χ3v) is 3.99. The summed E-state index contributed by atoms with van der Waals surface area (Å²) in [4.78, 5) is 10.9. The normalized spacial score (nSPS) is 12.2. The number of carboxylic acids is 1. The minimum absolute atomic E-state index is 0.00464. The largest absolute Gasteiger partial charge is 0.478 e. The summed E-state index contributed by atoms with van der Waals surface area (Å²) in [5, 5.41) is 8.92. The van der Waals surface area contributed by atoms with Crippen molar-refractivity contribution >= 4 is 21.7 Å². The Morgan fingerprint density at radius 3 is 2.48 bits per heavy atom. The fourth-order valence-electron chi connectivity index (χ4n) is 1.61. The van der Waals surface area contributed by atoms with E-state index in [1.165, 1.54) is 12.1 Å². The highest BCUT2D eigenvalue weighted by Crippen LogP contribution is 2.22. The molecular formula is C12H14F3NO4S. The van der Waals surface area contributed by atoms with Crippen molar-refractivity contribution in [3.05, 3.63) is 29.3 Å². The third kappa shape index (κ3) is 6.03. The van der Waals surface area contributed by atoms with Crippen LogP contribution in [0.2, 0.25) is 0 Å². The number of halogens is 3. The van der Waals surface area contributed by atoms with Crippen molar-refractivity contribution in [3.8, 4) is 0 Å². The highest BCUT2D eigenvalue weighted by molar-refractivity contribution is 7.92. The number of sulfonamides is 1. The van der Waals surface area contributed by atoms with Gasteiger partial charge in [0.2, 0.25) is 10.0 Å². The number of hydrogen-bond donors (Lipinski definition) is 2. The number of carbonyl (C=O) groups is 1. The quantitative estimate of drug-likeness (QED) is 0.842. The van der Waals surface area contributed by atoms with Crippen molar-refractivity contribution in [2.24, 2.45) is 0 Å². The molecular weight excluding hydrogens is 311 g/mol. The van der Waals surface area contributed by atoms with Gasteiger partial charge in [0.25, 0.3) is 0 Å². The van der Waals surface area contributed by atoms with Crippen molar-refractivity contribution in [1.29, 1.82) is 0 Å². The first-order valence-corrected chi connectivity index (χ1v) is 7.56. The molecule has 118 valence electrons. The molecule has 0 atom stereocenters. The highest BCUT2D eigenvalue weighted by Gasteiger charge is 2.27. The molecule has 0 unspecified atom stereocenters. The fraction of sp³-hybridized carbons (Fsp3) is 0.417. The smallest absolute Gasteiger partial charge is 0.389 e. The summed E-state index contributed by atoms with van der Waals surface area (Å²) < 4.78 is 61.2. The van der Waals surface area contributed by atoms with E-state index in [0.717, 1.165) is 6.07 Å². The first-order chi connectivity index (χ1) is 9.50. The predicted molar refractivity (Wildman–Crippen MR) is 70.8 cm³/mol. The number of anilines is 1. The molecule has 0 aliphatic rings. The summed E-state index contributed by atoms with van der Waals surface area (Å²) in [5.74, 6) is -1.91. The Labute approximate surface area is 119 Å². The van der Waals surface area contributed by atoms with Crippen LogP contribution in [0.15, 0.2) is 18.2 Å². The van der Waals surface area contributed by atoms with Gasteiger partial charge < -0.3 is 5.11 Å². The minimum atomic E-state index is -4.41. The lowest BCUT2D eigenvalue weighted by atomic mass is 10.1. The van der Waals surface area contributed by atoms with Crippen LogP contribution in [-0.4, -0.2) is 31.4 Å². The second-order valence-corrected chi connectivity index (χ2v) is 6.32. The zero-order valence-corrected chi connectivity index (χ0v) is 11.9. The van der Waals surface area contributed by atoms with Gasteiger partial charge in [-0.1, -0.05) is 6.07 Å². The number of aromatic carboxylic acids is 1. The van der Waals surface area contributed by atoms with Crippen LogP contribution >= 0.6 is 0 Å². The third-order valence-electron chi connectivity index (χ3n) is 2.61. The molecule has 0 saturated carbocycles. The number of alkyl halides is 3. The standard InChI is InChI=1S/C12H14F3NO4S/c1-8-3-4-9(7-10(8)11(17)18)16-21(19,20)6-2-5-12(13,14)15/h3-4,7,16H,2,5-6H2,1H3,(H,17,18). The molecule has 0 heterocycles. The molecule has 0 spiro atoms. The van der Waals surface area contributed by atoms with E-state index in [0.29, 0.717) is 5.56 Å². The number of benzene rings is 1. The lowest BCUT2D eigenvalue weighted by Gasteiger charge is -2.10. The Bertz CT molecular complexity index is 626. The molecule has 0 radical (unpaired) electrons. The van der Waals surface area contributed by atoms with Gasteiger partial charge in [-0.15, -0.1) is 0 Å². The topological polar surface area (TPSA) is 83.5 Å². The summed E-state index contributed by atoms with van der Waals surface area (Å²) in [6, 6.07) is 3.89. The number of carboxylic acid groups (broad SMARTS) is 1. The van der Waals surface area contributed by atoms with Gasteiger partial charge in [-0.25, -0.2) is 13.2 Å². The maximum atomic E-state index is 12.0. The highest BCUT2D eigenvalue weighted by atomic mass is 32.2. The molecule has 0 amide bonds. The van der Waals surface area contributed by atoms with E-state index < -0.39 is 40.8 Å². The number of aryl methyl sites for hydroxylation is 1. The van der Waals surface area contributed by atoms with Crippen molar-refractivity contribution in [3.63, 3.8) is 0 Å². The molecule has 21 heavy (non-hydrogen) atoms. The van der Waals surface area contributed by atoms with Crippen molar-refractivity contribution in [2.75, 3.05) is 10.5 Å². The molecule has 0 aliphatic heterocycles. The van der Waals surface area contributed by atoms with Gasteiger partial charge in [-0.2, -0.15) is 13.2 Å². The monoisotopic (exact) mass is 325 g/mol. The molecule has 2 N–H and O–H groups in total. The van der Waals surface area contributed by atoms with Gasteiger partial charge >= 0.3 is 12.1 Å². The molecule has 0 saturated heterocycles. The number of hydrogen-bond acceptors (Lipinski definition) is 3. The second-order valence-electron chi connectivity index (χ2n) is 4.47. The van der Waals surface area contributed by atoms with E-state index in [4.69, 9.17) is 5.11 Å². The van der Waals surface area contributed by atoms with Gasteiger partial charge in [0, 0.05) is 12.1 Å². The molecule has 0 aliphatic carbocycles. The van der Waals surface area contributed by atoms with Gasteiger partial charge in [0.05, 0.1) is 11.3 Å². The van der Waals surface area contributed by atoms with Crippen LogP contribution in [0.25, 0.3) is 0 Å². The molecule has 0 aromatic heterocycles. The van der Waals surface area contributed by atoms with Gasteiger partial charge in [0.1, 0.15) is 0 Å². The van der Waals surface area contributed by atoms with E-state index in [1.807, 2.05) is 0 Å². The van der Waals surface area contributed by atoms with E-state index in [2.05, 4.69) is 4.72 Å². The van der Waals surface area contributed by atoms with E-state index in [9.17, 15) is 26.4 Å². The summed E-state index contributed by atoms with van der Waals surface area (Å²) in [7, 11) is -3.96. The SMILES string of the molecule is Cc1ccc(NS(=O)(=O)CCCC(F)(F)F)cc1C(=O)O. The van der Waals surface area contributed by atoms with Crippen molar-refractivity contribution < 1.29 is 31.5 Å². The van der Waals surface area contributed by atoms with Gasteiger partial charge in [0.15, 0.2) is 0 Å². The van der Waals surface area contributed by atoms with Crippen LogP contribution < -0.4 is 4.72 Å². The van der Waals surface area contributed by atoms with E-state index in [-0.39, 0.29) is 11.3 Å². The van der Waals surface area contributed by atoms with E-state index >= 15 is 0 Å². The summed E-state index contributed by atoms with van der Waals surface area (Å²) in [6.45, 7) is 1.55. The molecule has 9 heteroatoms. The summed E-state index contributed by atoms with van der Waals surface area (Å²) >= 11 is 0. The number of nitrogens with one attached hydrogen (secondary N) is 1. The molecule has 5 nitrogen and oxygen atoms in total. The molecule has 0 fully saturated rings. The van der Waals surface area contributed by atoms with E-state index in [1.54, 1.807) is 6.92 Å². The molecule has 1 rings (SSSR count). The maximum absolute atomic E-state index is 12.0. The maximum Gasteiger partial charge on any atom is 0.389 e. The number of rotatable bonds is 6. The Morgan fingerprint density at radius 2 is 1.95 bits per heavy atom. The Balaban J connectivity index is 2.76. The fourth-order valence-corrected chi connectivity index (χ4v) is 2.72. The van der Waals surface area contributed by atoms with Crippen LogP contribution in [0.4, 0.5) is 18.9 Å². The predicted octanol–water partition coefficient (Wildman–Crippen LogP) is 2.78. The lowest BCUT2D eigenvalue weighted by Crippen LogP contribution is -2.19. The van der Waals surface area contributed by atoms with Gasteiger partial charge in [-0.05, 0) is 31.0 Å². The Kier molecular flexibility index (Phi) is 5.21. The van der Waals surface area contributed by atoms with Crippen LogP contribution in [-0.2, 0) is 10.0 Å². The van der Waals surface area contributed by atoms with Crippen LogP contribution in [0, 0.1) is 6.92 Å². The Morgan fingerprint density at radius 1 is 1.33 bits per heavy atom. The molecule has 1 aromatic rings. The first kappa shape index (κ1) is 17.3. The van der Waals surface area contributed by atoms with Crippen molar-refractivity contribution in [1.82, 2.24) is 0 Å². The van der Waals surface area contributed by atoms with Crippen molar-refractivity contribution in [2.45, 2.75) is 25.9 Å². The average molecular weight is 325 g/mol. The lowest BCUT2D eigenvalue weighted by molar-refractivity contribution is -0.134. The Hall–Kier alpha value is -1.77. The van der Waals surface area contributed by atoms with Crippen LogP contribution in [0.5, 0.6) is 0 Å². The minimum Gasteiger partial charge on any atom is -0.478 e. The average Bonchev–Trinajstić information content (AvgIpc) is 2.28. The molecule has 1 aromatic carbocycles. The zero-order chi connectivity index (χ0) is 16.3. The zero-order valence-electron chi connectivity index (χ0n) is 11.1. The summed E-state index contributed by atoms with van der Waals surface area (Å²) in [6.07, 6.45) is -6.16.